The molecule has 0 aliphatic heterocycles. The van der Waals surface area contributed by atoms with Crippen LogP contribution in [-0.2, 0) is 4.79 Å². The van der Waals surface area contributed by atoms with E-state index in [2.05, 4.69) is 16.0 Å². The van der Waals surface area contributed by atoms with Gasteiger partial charge in [-0.05, 0) is 36.4 Å². The Labute approximate surface area is 163 Å². The Morgan fingerprint density at radius 3 is 2.14 bits per heavy atom. The number of ether oxygens (including phenoxy) is 2. The van der Waals surface area contributed by atoms with Crippen LogP contribution >= 0.6 is 0 Å². The molecule has 2 aromatic carbocycles. The average molecular weight is 385 g/mol. The van der Waals surface area contributed by atoms with Gasteiger partial charge in [-0.1, -0.05) is 6.07 Å². The van der Waals surface area contributed by atoms with Gasteiger partial charge in [0.05, 0.1) is 19.8 Å². The van der Waals surface area contributed by atoms with Crippen molar-refractivity contribution in [1.82, 2.24) is 10.6 Å². The van der Waals surface area contributed by atoms with Gasteiger partial charge in [0.1, 0.15) is 0 Å². The molecule has 8 nitrogen and oxygen atoms in total. The smallest absolute Gasteiger partial charge is 0.259 e. The van der Waals surface area contributed by atoms with Gasteiger partial charge in [-0.3, -0.25) is 14.4 Å². The topological polar surface area (TPSA) is 106 Å². The summed E-state index contributed by atoms with van der Waals surface area (Å²) in [6, 6.07) is 11.5. The maximum atomic E-state index is 12.5. The molecule has 0 aromatic heterocycles. The lowest BCUT2D eigenvalue weighted by Gasteiger charge is -2.13. The zero-order valence-electron chi connectivity index (χ0n) is 16.0. The molecule has 0 bridgehead atoms. The van der Waals surface area contributed by atoms with Gasteiger partial charge in [-0.2, -0.15) is 0 Å². The van der Waals surface area contributed by atoms with Crippen LogP contribution in [0.1, 0.15) is 27.6 Å². The summed E-state index contributed by atoms with van der Waals surface area (Å²) in [7, 11) is 2.97. The minimum Gasteiger partial charge on any atom is -0.493 e. The van der Waals surface area contributed by atoms with Crippen LogP contribution in [0.25, 0.3) is 0 Å². The Morgan fingerprint density at radius 2 is 1.54 bits per heavy atom. The van der Waals surface area contributed by atoms with Crippen molar-refractivity contribution in [2.45, 2.75) is 6.92 Å². The highest BCUT2D eigenvalue weighted by molar-refractivity contribution is 6.07. The number of nitrogens with one attached hydrogen (secondary N) is 3. The third-order valence-corrected chi connectivity index (χ3v) is 3.84. The first-order valence-corrected chi connectivity index (χ1v) is 8.61. The minimum atomic E-state index is -0.358. The molecule has 0 saturated carbocycles. The first kappa shape index (κ1) is 20.8. The summed E-state index contributed by atoms with van der Waals surface area (Å²) >= 11 is 0. The van der Waals surface area contributed by atoms with Gasteiger partial charge in [0.2, 0.25) is 5.91 Å². The molecule has 3 N–H and O–H groups in total. The number of methoxy groups -OCH3 is 2. The molecule has 0 unspecified atom stereocenters. The fraction of sp³-hybridized carbons (Fsp3) is 0.250. The molecule has 0 fully saturated rings. The highest BCUT2D eigenvalue weighted by atomic mass is 16.5. The summed E-state index contributed by atoms with van der Waals surface area (Å²) in [5.74, 6) is 0.0297. The van der Waals surface area contributed by atoms with Crippen molar-refractivity contribution in [3.63, 3.8) is 0 Å². The maximum Gasteiger partial charge on any atom is 0.259 e. The lowest BCUT2D eigenvalue weighted by Crippen LogP contribution is -2.33. The van der Waals surface area contributed by atoms with Crippen LogP contribution in [-0.4, -0.2) is 45.0 Å². The van der Waals surface area contributed by atoms with Crippen LogP contribution in [0.15, 0.2) is 42.5 Å². The SMILES string of the molecule is COc1cccc(C(=O)Nc2ccc(C(=O)NCCNC(C)=O)cc2)c1OC. The van der Waals surface area contributed by atoms with Crippen LogP contribution in [0.3, 0.4) is 0 Å². The molecule has 0 radical (unpaired) electrons. The van der Waals surface area contributed by atoms with Gasteiger partial charge in [0.25, 0.3) is 11.8 Å². The van der Waals surface area contributed by atoms with E-state index in [9.17, 15) is 14.4 Å². The molecule has 3 amide bonds. The zero-order chi connectivity index (χ0) is 20.5. The maximum absolute atomic E-state index is 12.5. The van der Waals surface area contributed by atoms with Gasteiger partial charge in [0, 0.05) is 31.3 Å². The van der Waals surface area contributed by atoms with E-state index in [1.54, 1.807) is 42.5 Å². The number of para-hydroxylation sites is 1. The van der Waals surface area contributed by atoms with Crippen LogP contribution in [0, 0.1) is 0 Å². The lowest BCUT2D eigenvalue weighted by atomic mass is 10.1. The van der Waals surface area contributed by atoms with E-state index in [1.807, 2.05) is 0 Å². The number of carbonyl (C=O) groups excluding carboxylic acids is 3. The highest BCUT2D eigenvalue weighted by Gasteiger charge is 2.16. The largest absolute Gasteiger partial charge is 0.493 e. The van der Waals surface area contributed by atoms with Crippen molar-refractivity contribution in [2.24, 2.45) is 0 Å². The fourth-order valence-corrected chi connectivity index (χ4v) is 2.49. The number of benzene rings is 2. The summed E-state index contributed by atoms with van der Waals surface area (Å²) in [4.78, 5) is 35.4. The molecular weight excluding hydrogens is 362 g/mol. The molecule has 28 heavy (non-hydrogen) atoms. The van der Waals surface area contributed by atoms with Gasteiger partial charge in [-0.15, -0.1) is 0 Å². The molecule has 8 heteroatoms. The van der Waals surface area contributed by atoms with Crippen LogP contribution in [0.5, 0.6) is 11.5 Å². The van der Waals surface area contributed by atoms with Crippen LogP contribution < -0.4 is 25.4 Å². The van der Waals surface area contributed by atoms with Crippen molar-refractivity contribution in [2.75, 3.05) is 32.6 Å². The second-order valence-corrected chi connectivity index (χ2v) is 5.81. The molecule has 0 atom stereocenters. The third-order valence-electron chi connectivity index (χ3n) is 3.84. The van der Waals surface area contributed by atoms with Crippen molar-refractivity contribution in [3.8, 4) is 11.5 Å². The van der Waals surface area contributed by atoms with Crippen molar-refractivity contribution in [3.05, 3.63) is 53.6 Å². The number of hydrogen-bond acceptors (Lipinski definition) is 5. The monoisotopic (exact) mass is 385 g/mol. The summed E-state index contributed by atoms with van der Waals surface area (Å²) < 4.78 is 10.5. The minimum absolute atomic E-state index is 0.151. The second kappa shape index (κ2) is 9.96. The van der Waals surface area contributed by atoms with Crippen LogP contribution in [0.2, 0.25) is 0 Å². The average Bonchev–Trinajstić information content (AvgIpc) is 2.70. The summed E-state index contributed by atoms with van der Waals surface area (Å²) in [6.45, 7) is 2.10. The zero-order valence-corrected chi connectivity index (χ0v) is 16.0. The fourth-order valence-electron chi connectivity index (χ4n) is 2.49. The number of hydrogen-bond donors (Lipinski definition) is 3. The molecule has 0 aliphatic carbocycles. The normalized spacial score (nSPS) is 9.96. The summed E-state index contributed by atoms with van der Waals surface area (Å²) in [5, 5.41) is 8.05. The molecule has 0 heterocycles. The molecule has 0 spiro atoms. The molecular formula is C20H23N3O5. The van der Waals surface area contributed by atoms with E-state index in [0.29, 0.717) is 41.4 Å². The second-order valence-electron chi connectivity index (χ2n) is 5.81. The van der Waals surface area contributed by atoms with E-state index in [4.69, 9.17) is 9.47 Å². The number of anilines is 1. The summed E-state index contributed by atoms with van der Waals surface area (Å²) in [5.41, 5.74) is 1.31. The van der Waals surface area contributed by atoms with E-state index in [-0.39, 0.29) is 17.7 Å². The van der Waals surface area contributed by atoms with Gasteiger partial charge in [-0.25, -0.2) is 0 Å². The first-order chi connectivity index (χ1) is 13.5. The molecule has 148 valence electrons. The molecule has 2 aromatic rings. The van der Waals surface area contributed by atoms with E-state index < -0.39 is 0 Å². The Balaban J connectivity index is 2.00. The quantitative estimate of drug-likeness (QED) is 0.601. The number of carbonyl (C=O) groups is 3. The van der Waals surface area contributed by atoms with Crippen molar-refractivity contribution >= 4 is 23.4 Å². The summed E-state index contributed by atoms with van der Waals surface area (Å²) in [6.07, 6.45) is 0. The highest BCUT2D eigenvalue weighted by Crippen LogP contribution is 2.31. The number of amides is 3. The first-order valence-electron chi connectivity index (χ1n) is 8.61. The molecule has 2 rings (SSSR count). The Bertz CT molecular complexity index is 849. The molecule has 0 saturated heterocycles. The predicted molar refractivity (Wildman–Crippen MR) is 105 cm³/mol. The Hall–Kier alpha value is -3.55. The molecule has 0 aliphatic rings. The third kappa shape index (κ3) is 5.47. The van der Waals surface area contributed by atoms with Gasteiger partial charge < -0.3 is 25.4 Å². The van der Waals surface area contributed by atoms with Crippen molar-refractivity contribution < 1.29 is 23.9 Å². The Morgan fingerprint density at radius 1 is 0.857 bits per heavy atom. The van der Waals surface area contributed by atoms with E-state index >= 15 is 0 Å². The number of rotatable bonds is 8. The lowest BCUT2D eigenvalue weighted by molar-refractivity contribution is -0.118. The van der Waals surface area contributed by atoms with Crippen molar-refractivity contribution in [1.29, 1.82) is 0 Å². The Kier molecular flexibility index (Phi) is 7.38. The van der Waals surface area contributed by atoms with Gasteiger partial charge in [0.15, 0.2) is 11.5 Å². The standard InChI is InChI=1S/C20H23N3O5/c1-13(24)21-11-12-22-19(25)14-7-9-15(10-8-14)23-20(26)16-5-4-6-17(27-2)18(16)28-3/h4-10H,11-12H2,1-3H3,(H,21,24)(H,22,25)(H,23,26). The van der Waals surface area contributed by atoms with E-state index in [0.717, 1.165) is 0 Å². The predicted octanol–water partition coefficient (Wildman–Crippen LogP) is 1.82. The van der Waals surface area contributed by atoms with Crippen LogP contribution in [0.4, 0.5) is 5.69 Å². The van der Waals surface area contributed by atoms with E-state index in [1.165, 1.54) is 21.1 Å². The van der Waals surface area contributed by atoms with Gasteiger partial charge >= 0.3 is 0 Å².